The van der Waals surface area contributed by atoms with Crippen LogP contribution in [0.3, 0.4) is 0 Å². The topological polar surface area (TPSA) is 59.2 Å². The SMILES string of the molecule is CCCc1nnc(SCC(C)(O)c2cccc(C(F)(F)F)c2)o1. The van der Waals surface area contributed by atoms with E-state index in [1.54, 1.807) is 0 Å². The average Bonchev–Trinajstić information content (AvgIpc) is 2.93. The summed E-state index contributed by atoms with van der Waals surface area (Å²) in [6.07, 6.45) is -2.91. The van der Waals surface area contributed by atoms with Crippen LogP contribution in [0.5, 0.6) is 0 Å². The van der Waals surface area contributed by atoms with Crippen LogP contribution in [0, 0.1) is 0 Å². The maximum absolute atomic E-state index is 12.8. The van der Waals surface area contributed by atoms with Gasteiger partial charge >= 0.3 is 6.18 Å². The second-order valence-electron chi connectivity index (χ2n) is 5.35. The van der Waals surface area contributed by atoms with Crippen LogP contribution in [0.1, 0.15) is 37.3 Å². The fourth-order valence-electron chi connectivity index (χ4n) is 1.93. The number of aromatic nitrogens is 2. The molecule has 4 nitrogen and oxygen atoms in total. The van der Waals surface area contributed by atoms with Gasteiger partial charge in [-0.2, -0.15) is 13.2 Å². The van der Waals surface area contributed by atoms with Crippen LogP contribution in [0.4, 0.5) is 13.2 Å². The Morgan fingerprint density at radius 1 is 1.22 bits per heavy atom. The van der Waals surface area contributed by atoms with Crippen molar-refractivity contribution >= 4 is 11.8 Å². The number of halogens is 3. The normalized spacial score (nSPS) is 14.7. The Labute approximate surface area is 136 Å². The summed E-state index contributed by atoms with van der Waals surface area (Å²) < 4.78 is 43.7. The number of hydrogen-bond donors (Lipinski definition) is 1. The average molecular weight is 346 g/mol. The van der Waals surface area contributed by atoms with Gasteiger partial charge in [0, 0.05) is 12.2 Å². The highest BCUT2D eigenvalue weighted by Crippen LogP contribution is 2.34. The van der Waals surface area contributed by atoms with Gasteiger partial charge in [-0.1, -0.05) is 30.8 Å². The molecule has 1 N–H and O–H groups in total. The monoisotopic (exact) mass is 346 g/mol. The van der Waals surface area contributed by atoms with Crippen LogP contribution in [-0.2, 0) is 18.2 Å². The van der Waals surface area contributed by atoms with Gasteiger partial charge in [-0.15, -0.1) is 10.2 Å². The van der Waals surface area contributed by atoms with Gasteiger partial charge in [0.15, 0.2) is 0 Å². The molecule has 1 atom stereocenters. The first-order valence-corrected chi connectivity index (χ1v) is 8.06. The Balaban J connectivity index is 2.08. The van der Waals surface area contributed by atoms with E-state index < -0.39 is 17.3 Å². The number of aliphatic hydroxyl groups is 1. The van der Waals surface area contributed by atoms with E-state index in [-0.39, 0.29) is 11.3 Å². The third-order valence-electron chi connectivity index (χ3n) is 3.20. The zero-order chi connectivity index (χ0) is 17.1. The molecule has 0 saturated heterocycles. The summed E-state index contributed by atoms with van der Waals surface area (Å²) in [5.41, 5.74) is -2.05. The zero-order valence-electron chi connectivity index (χ0n) is 12.7. The lowest BCUT2D eigenvalue weighted by Crippen LogP contribution is -2.25. The third-order valence-corrected chi connectivity index (χ3v) is 4.32. The molecule has 2 rings (SSSR count). The molecule has 0 spiro atoms. The van der Waals surface area contributed by atoms with Gasteiger partial charge in [-0.05, 0) is 31.0 Å². The highest BCUT2D eigenvalue weighted by Gasteiger charge is 2.33. The Morgan fingerprint density at radius 3 is 2.57 bits per heavy atom. The molecule has 0 amide bonds. The van der Waals surface area contributed by atoms with Crippen molar-refractivity contribution in [3.05, 3.63) is 41.3 Å². The third kappa shape index (κ3) is 4.71. The van der Waals surface area contributed by atoms with Crippen LogP contribution in [0.2, 0.25) is 0 Å². The number of rotatable bonds is 6. The van der Waals surface area contributed by atoms with Crippen molar-refractivity contribution in [2.45, 2.75) is 43.7 Å². The summed E-state index contributed by atoms with van der Waals surface area (Å²) in [7, 11) is 0. The molecule has 1 heterocycles. The lowest BCUT2D eigenvalue weighted by atomic mass is 9.96. The van der Waals surface area contributed by atoms with E-state index in [0.29, 0.717) is 17.5 Å². The Morgan fingerprint density at radius 2 is 1.91 bits per heavy atom. The van der Waals surface area contributed by atoms with Gasteiger partial charge < -0.3 is 9.52 Å². The quantitative estimate of drug-likeness (QED) is 0.800. The molecule has 0 saturated carbocycles. The van der Waals surface area contributed by atoms with E-state index in [2.05, 4.69) is 10.2 Å². The van der Waals surface area contributed by atoms with E-state index in [1.807, 2.05) is 6.92 Å². The number of hydrogen-bond acceptors (Lipinski definition) is 5. The maximum Gasteiger partial charge on any atom is 0.416 e. The Hall–Kier alpha value is -1.54. The molecule has 0 aliphatic rings. The Bertz CT molecular complexity index is 656. The van der Waals surface area contributed by atoms with Gasteiger partial charge in [0.1, 0.15) is 0 Å². The summed E-state index contributed by atoms with van der Waals surface area (Å²) in [5, 5.41) is 18.5. The van der Waals surface area contributed by atoms with Gasteiger partial charge in [0.05, 0.1) is 11.2 Å². The van der Waals surface area contributed by atoms with Gasteiger partial charge in [-0.3, -0.25) is 0 Å². The molecule has 0 aliphatic carbocycles. The molecule has 2 aromatic rings. The minimum Gasteiger partial charge on any atom is -0.416 e. The maximum atomic E-state index is 12.8. The molecule has 0 radical (unpaired) electrons. The molecular weight excluding hydrogens is 329 g/mol. The summed E-state index contributed by atoms with van der Waals surface area (Å²) in [5.74, 6) is 0.607. The highest BCUT2D eigenvalue weighted by atomic mass is 32.2. The van der Waals surface area contributed by atoms with Crippen molar-refractivity contribution < 1.29 is 22.7 Å². The van der Waals surface area contributed by atoms with Gasteiger partial charge in [0.25, 0.3) is 5.22 Å². The largest absolute Gasteiger partial charge is 0.416 e. The fourth-order valence-corrected chi connectivity index (χ4v) is 2.75. The van der Waals surface area contributed by atoms with E-state index in [0.717, 1.165) is 30.3 Å². The van der Waals surface area contributed by atoms with Crippen molar-refractivity contribution in [2.75, 3.05) is 5.75 Å². The number of aryl methyl sites for hydroxylation is 1. The lowest BCUT2D eigenvalue weighted by molar-refractivity contribution is -0.137. The predicted molar refractivity (Wildman–Crippen MR) is 80.0 cm³/mol. The first-order valence-electron chi connectivity index (χ1n) is 7.07. The molecule has 0 aliphatic heterocycles. The van der Waals surface area contributed by atoms with Crippen molar-refractivity contribution in [1.82, 2.24) is 10.2 Å². The standard InChI is InChI=1S/C15H17F3N2O2S/c1-3-5-12-19-20-13(22-12)23-9-14(2,21)10-6-4-7-11(8-10)15(16,17)18/h4,6-8,21H,3,5,9H2,1-2H3. The Kier molecular flexibility index (Phi) is 5.36. The minimum atomic E-state index is -4.44. The van der Waals surface area contributed by atoms with Crippen LogP contribution < -0.4 is 0 Å². The van der Waals surface area contributed by atoms with E-state index >= 15 is 0 Å². The molecule has 23 heavy (non-hydrogen) atoms. The summed E-state index contributed by atoms with van der Waals surface area (Å²) in [6.45, 7) is 3.44. The predicted octanol–water partition coefficient (Wildman–Crippen LogP) is 4.04. The van der Waals surface area contributed by atoms with E-state index in [9.17, 15) is 18.3 Å². The smallest absolute Gasteiger partial charge is 0.416 e. The van der Waals surface area contributed by atoms with Crippen molar-refractivity contribution in [1.29, 1.82) is 0 Å². The molecular formula is C15H17F3N2O2S. The van der Waals surface area contributed by atoms with Gasteiger partial charge in [0.2, 0.25) is 5.89 Å². The molecule has 1 aromatic heterocycles. The van der Waals surface area contributed by atoms with Gasteiger partial charge in [-0.25, -0.2) is 0 Å². The molecule has 0 fully saturated rings. The lowest BCUT2D eigenvalue weighted by Gasteiger charge is -2.23. The molecule has 126 valence electrons. The molecule has 1 aromatic carbocycles. The van der Waals surface area contributed by atoms with E-state index in [1.165, 1.54) is 19.1 Å². The summed E-state index contributed by atoms with van der Waals surface area (Å²) >= 11 is 1.11. The van der Waals surface area contributed by atoms with Crippen molar-refractivity contribution in [3.8, 4) is 0 Å². The molecule has 1 unspecified atom stereocenters. The van der Waals surface area contributed by atoms with Crippen LogP contribution in [-0.4, -0.2) is 21.1 Å². The molecule has 0 bridgehead atoms. The van der Waals surface area contributed by atoms with E-state index in [4.69, 9.17) is 4.42 Å². The van der Waals surface area contributed by atoms with Crippen LogP contribution >= 0.6 is 11.8 Å². The first-order chi connectivity index (χ1) is 10.7. The fraction of sp³-hybridized carbons (Fsp3) is 0.467. The van der Waals surface area contributed by atoms with Crippen LogP contribution in [0.15, 0.2) is 33.9 Å². The summed E-state index contributed by atoms with van der Waals surface area (Å²) in [6, 6.07) is 4.67. The molecule has 8 heteroatoms. The van der Waals surface area contributed by atoms with Crippen molar-refractivity contribution in [3.63, 3.8) is 0 Å². The first kappa shape index (κ1) is 17.8. The zero-order valence-corrected chi connectivity index (χ0v) is 13.5. The number of nitrogens with zero attached hydrogens (tertiary/aromatic N) is 2. The number of benzene rings is 1. The second kappa shape index (κ2) is 6.92. The van der Waals surface area contributed by atoms with Crippen molar-refractivity contribution in [2.24, 2.45) is 0 Å². The van der Waals surface area contributed by atoms with Crippen LogP contribution in [0.25, 0.3) is 0 Å². The minimum absolute atomic E-state index is 0.0993. The number of alkyl halides is 3. The summed E-state index contributed by atoms with van der Waals surface area (Å²) in [4.78, 5) is 0. The highest BCUT2D eigenvalue weighted by molar-refractivity contribution is 7.99. The second-order valence-corrected chi connectivity index (χ2v) is 6.28. The number of thioether (sulfide) groups is 1.